The second kappa shape index (κ2) is 8.05. The van der Waals surface area contributed by atoms with Gasteiger partial charge < -0.3 is 11.1 Å². The lowest BCUT2D eigenvalue weighted by Gasteiger charge is -2.31. The molecule has 0 bridgehead atoms. The van der Waals surface area contributed by atoms with Crippen LogP contribution >= 0.6 is 0 Å². The molecule has 0 atom stereocenters. The first-order chi connectivity index (χ1) is 8.65. The van der Waals surface area contributed by atoms with Gasteiger partial charge in [0.15, 0.2) is 0 Å². The highest BCUT2D eigenvalue weighted by atomic mass is 16.2. The number of hydrogen-bond donors (Lipinski definition) is 3. The lowest BCUT2D eigenvalue weighted by Crippen LogP contribution is -2.46. The third kappa shape index (κ3) is 5.46. The SMILES string of the molecule is CCNC(=O)NC(=O)CN1CCC(CCN)CC1. The predicted molar refractivity (Wildman–Crippen MR) is 70.1 cm³/mol. The summed E-state index contributed by atoms with van der Waals surface area (Å²) in [5.41, 5.74) is 5.54. The molecule has 1 fully saturated rings. The lowest BCUT2D eigenvalue weighted by molar-refractivity contribution is -0.121. The van der Waals surface area contributed by atoms with Crippen LogP contribution in [0, 0.1) is 5.92 Å². The van der Waals surface area contributed by atoms with Gasteiger partial charge in [-0.2, -0.15) is 0 Å². The van der Waals surface area contributed by atoms with Crippen LogP contribution in [0.2, 0.25) is 0 Å². The van der Waals surface area contributed by atoms with Crippen molar-refractivity contribution in [2.75, 3.05) is 32.7 Å². The van der Waals surface area contributed by atoms with Crippen LogP contribution in [0.15, 0.2) is 0 Å². The molecule has 0 radical (unpaired) electrons. The van der Waals surface area contributed by atoms with Crippen molar-refractivity contribution in [2.24, 2.45) is 11.7 Å². The molecule has 0 aliphatic carbocycles. The number of carbonyl (C=O) groups is 2. The molecule has 1 aliphatic rings. The molecule has 1 saturated heterocycles. The minimum Gasteiger partial charge on any atom is -0.338 e. The number of imide groups is 1. The number of hydrogen-bond acceptors (Lipinski definition) is 4. The molecule has 0 aromatic carbocycles. The number of urea groups is 1. The van der Waals surface area contributed by atoms with Gasteiger partial charge >= 0.3 is 6.03 Å². The van der Waals surface area contributed by atoms with Crippen LogP contribution in [0.3, 0.4) is 0 Å². The van der Waals surface area contributed by atoms with Gasteiger partial charge in [0.1, 0.15) is 0 Å². The van der Waals surface area contributed by atoms with Crippen molar-refractivity contribution in [1.82, 2.24) is 15.5 Å². The molecular weight excluding hydrogens is 232 g/mol. The highest BCUT2D eigenvalue weighted by Crippen LogP contribution is 2.19. The van der Waals surface area contributed by atoms with E-state index in [1.54, 1.807) is 0 Å². The second-order valence-corrected chi connectivity index (χ2v) is 4.70. The summed E-state index contributed by atoms with van der Waals surface area (Å²) in [6.07, 6.45) is 3.25. The van der Waals surface area contributed by atoms with Crippen LogP contribution in [0.1, 0.15) is 26.2 Å². The standard InChI is InChI=1S/C12H24N4O2/c1-2-14-12(18)15-11(17)9-16-7-4-10(3-6-13)5-8-16/h10H,2-9,13H2,1H3,(H2,14,15,17,18). The zero-order valence-electron chi connectivity index (χ0n) is 11.1. The maximum atomic E-state index is 11.6. The van der Waals surface area contributed by atoms with Crippen molar-refractivity contribution in [3.63, 3.8) is 0 Å². The molecule has 6 heteroatoms. The molecule has 104 valence electrons. The fourth-order valence-electron chi connectivity index (χ4n) is 2.24. The zero-order chi connectivity index (χ0) is 13.4. The molecule has 1 aliphatic heterocycles. The van der Waals surface area contributed by atoms with Crippen molar-refractivity contribution in [1.29, 1.82) is 0 Å². The quantitative estimate of drug-likeness (QED) is 0.640. The highest BCUT2D eigenvalue weighted by molar-refractivity contribution is 5.95. The van der Waals surface area contributed by atoms with Gasteiger partial charge in [-0.15, -0.1) is 0 Å². The minimum atomic E-state index is -0.416. The summed E-state index contributed by atoms with van der Waals surface area (Å²) in [6, 6.07) is -0.416. The topological polar surface area (TPSA) is 87.5 Å². The first-order valence-corrected chi connectivity index (χ1v) is 6.65. The summed E-state index contributed by atoms with van der Waals surface area (Å²) >= 11 is 0. The normalized spacial score (nSPS) is 17.4. The monoisotopic (exact) mass is 256 g/mol. The predicted octanol–water partition coefficient (Wildman–Crippen LogP) is -0.107. The van der Waals surface area contributed by atoms with E-state index in [0.717, 1.165) is 38.9 Å². The van der Waals surface area contributed by atoms with Crippen LogP contribution in [0.5, 0.6) is 0 Å². The Morgan fingerprint density at radius 1 is 1.33 bits per heavy atom. The number of nitrogens with one attached hydrogen (secondary N) is 2. The molecule has 0 saturated carbocycles. The number of carbonyl (C=O) groups excluding carboxylic acids is 2. The smallest absolute Gasteiger partial charge is 0.321 e. The summed E-state index contributed by atoms with van der Waals surface area (Å²) in [6.45, 7) is 5.19. The number of nitrogens with zero attached hydrogens (tertiary/aromatic N) is 1. The minimum absolute atomic E-state index is 0.238. The molecule has 1 heterocycles. The van der Waals surface area contributed by atoms with Gasteiger partial charge in [0.05, 0.1) is 6.54 Å². The van der Waals surface area contributed by atoms with Gasteiger partial charge in [-0.25, -0.2) is 4.79 Å². The van der Waals surface area contributed by atoms with Gasteiger partial charge in [0, 0.05) is 6.54 Å². The van der Waals surface area contributed by atoms with Gasteiger partial charge in [-0.3, -0.25) is 15.0 Å². The Morgan fingerprint density at radius 2 is 2.00 bits per heavy atom. The van der Waals surface area contributed by atoms with E-state index >= 15 is 0 Å². The molecule has 0 aromatic rings. The molecular formula is C12H24N4O2. The summed E-state index contributed by atoms with van der Waals surface area (Å²) < 4.78 is 0. The Balaban J connectivity index is 2.20. The molecule has 18 heavy (non-hydrogen) atoms. The molecule has 0 spiro atoms. The van der Waals surface area contributed by atoms with Crippen LogP contribution in [0.25, 0.3) is 0 Å². The number of piperidine rings is 1. The van der Waals surface area contributed by atoms with E-state index in [4.69, 9.17) is 5.73 Å². The molecule has 1 rings (SSSR count). The number of likely N-dealkylation sites (tertiary alicyclic amines) is 1. The van der Waals surface area contributed by atoms with E-state index in [0.29, 0.717) is 19.0 Å². The summed E-state index contributed by atoms with van der Waals surface area (Å²) in [4.78, 5) is 24.8. The summed E-state index contributed by atoms with van der Waals surface area (Å²) in [7, 11) is 0. The number of amides is 3. The van der Waals surface area contributed by atoms with E-state index < -0.39 is 6.03 Å². The van der Waals surface area contributed by atoms with Crippen molar-refractivity contribution in [3.8, 4) is 0 Å². The molecule has 0 unspecified atom stereocenters. The third-order valence-corrected chi connectivity index (χ3v) is 3.24. The van der Waals surface area contributed by atoms with E-state index in [1.807, 2.05) is 6.92 Å². The fraction of sp³-hybridized carbons (Fsp3) is 0.833. The molecule has 0 aromatic heterocycles. The van der Waals surface area contributed by atoms with E-state index in [-0.39, 0.29) is 5.91 Å². The maximum Gasteiger partial charge on any atom is 0.321 e. The average Bonchev–Trinajstić information content (AvgIpc) is 2.32. The average molecular weight is 256 g/mol. The second-order valence-electron chi connectivity index (χ2n) is 4.70. The largest absolute Gasteiger partial charge is 0.338 e. The molecule has 3 amide bonds. The van der Waals surface area contributed by atoms with Crippen LogP contribution in [0.4, 0.5) is 4.79 Å². The van der Waals surface area contributed by atoms with Crippen molar-refractivity contribution >= 4 is 11.9 Å². The van der Waals surface area contributed by atoms with E-state index in [2.05, 4.69) is 15.5 Å². The Hall–Kier alpha value is -1.14. The van der Waals surface area contributed by atoms with Gasteiger partial charge in [-0.05, 0) is 51.7 Å². The van der Waals surface area contributed by atoms with Gasteiger partial charge in [0.25, 0.3) is 0 Å². The van der Waals surface area contributed by atoms with Gasteiger partial charge in [-0.1, -0.05) is 0 Å². The lowest BCUT2D eigenvalue weighted by atomic mass is 9.94. The van der Waals surface area contributed by atoms with Crippen LogP contribution in [-0.4, -0.2) is 49.6 Å². The maximum absolute atomic E-state index is 11.6. The van der Waals surface area contributed by atoms with Crippen molar-refractivity contribution in [3.05, 3.63) is 0 Å². The summed E-state index contributed by atoms with van der Waals surface area (Å²) in [5, 5.41) is 4.85. The Bertz CT molecular complexity index is 275. The number of rotatable bonds is 5. The number of nitrogens with two attached hydrogens (primary N) is 1. The van der Waals surface area contributed by atoms with Crippen LogP contribution in [-0.2, 0) is 4.79 Å². The third-order valence-electron chi connectivity index (χ3n) is 3.24. The molecule has 6 nitrogen and oxygen atoms in total. The zero-order valence-corrected chi connectivity index (χ0v) is 11.1. The van der Waals surface area contributed by atoms with Crippen molar-refractivity contribution in [2.45, 2.75) is 26.2 Å². The fourth-order valence-corrected chi connectivity index (χ4v) is 2.24. The summed E-state index contributed by atoms with van der Waals surface area (Å²) in [5.74, 6) is 0.455. The van der Waals surface area contributed by atoms with E-state index in [9.17, 15) is 9.59 Å². The Kier molecular flexibility index (Phi) is 6.67. The van der Waals surface area contributed by atoms with Crippen molar-refractivity contribution < 1.29 is 9.59 Å². The van der Waals surface area contributed by atoms with Crippen LogP contribution < -0.4 is 16.4 Å². The van der Waals surface area contributed by atoms with Gasteiger partial charge in [0.2, 0.25) is 5.91 Å². The van der Waals surface area contributed by atoms with E-state index in [1.165, 1.54) is 0 Å². The first kappa shape index (κ1) is 14.9. The first-order valence-electron chi connectivity index (χ1n) is 6.65. The Morgan fingerprint density at radius 3 is 2.56 bits per heavy atom. The highest BCUT2D eigenvalue weighted by Gasteiger charge is 2.20. The Labute approximate surface area is 108 Å². The molecule has 4 N–H and O–H groups in total.